The van der Waals surface area contributed by atoms with Crippen LogP contribution >= 0.6 is 0 Å². The summed E-state index contributed by atoms with van der Waals surface area (Å²) < 4.78 is 10.4. The van der Waals surface area contributed by atoms with E-state index in [-0.39, 0.29) is 12.2 Å². The van der Waals surface area contributed by atoms with Crippen LogP contribution in [0.1, 0.15) is 16.2 Å². The molecule has 0 saturated heterocycles. The second-order valence-corrected chi connectivity index (χ2v) is 3.85. The summed E-state index contributed by atoms with van der Waals surface area (Å²) in [6.07, 6.45) is 0. The Labute approximate surface area is 110 Å². The molecule has 1 aromatic heterocycles. The average Bonchev–Trinajstić information content (AvgIpc) is 2.44. The van der Waals surface area contributed by atoms with Gasteiger partial charge < -0.3 is 20.9 Å². The van der Waals surface area contributed by atoms with Crippen molar-refractivity contribution in [3.8, 4) is 11.5 Å². The molecule has 0 spiro atoms. The molecule has 6 heteroatoms. The van der Waals surface area contributed by atoms with Gasteiger partial charge in [-0.3, -0.25) is 4.79 Å². The van der Waals surface area contributed by atoms with E-state index in [0.29, 0.717) is 22.6 Å². The summed E-state index contributed by atoms with van der Waals surface area (Å²) >= 11 is 0. The molecule has 1 aromatic carbocycles. The Morgan fingerprint density at radius 1 is 1.32 bits per heavy atom. The Kier molecular flexibility index (Phi) is 3.52. The van der Waals surface area contributed by atoms with Crippen LogP contribution in [0.15, 0.2) is 12.1 Å². The van der Waals surface area contributed by atoms with Crippen molar-refractivity contribution in [3.05, 3.63) is 29.6 Å². The van der Waals surface area contributed by atoms with Crippen molar-refractivity contribution in [2.24, 2.45) is 11.5 Å². The zero-order valence-electron chi connectivity index (χ0n) is 10.7. The molecule has 0 unspecified atom stereocenters. The molecule has 1 amide bonds. The lowest BCUT2D eigenvalue weighted by molar-refractivity contribution is 0.0995. The van der Waals surface area contributed by atoms with Gasteiger partial charge in [0.25, 0.3) is 5.91 Å². The van der Waals surface area contributed by atoms with Crippen LogP contribution in [0.4, 0.5) is 0 Å². The highest BCUT2D eigenvalue weighted by atomic mass is 16.5. The van der Waals surface area contributed by atoms with Gasteiger partial charge in [-0.1, -0.05) is 0 Å². The van der Waals surface area contributed by atoms with E-state index in [9.17, 15) is 4.79 Å². The van der Waals surface area contributed by atoms with Gasteiger partial charge in [0.1, 0.15) is 5.69 Å². The van der Waals surface area contributed by atoms with E-state index < -0.39 is 5.91 Å². The highest BCUT2D eigenvalue weighted by Gasteiger charge is 2.13. The number of pyridine rings is 1. The van der Waals surface area contributed by atoms with Crippen molar-refractivity contribution < 1.29 is 14.3 Å². The summed E-state index contributed by atoms with van der Waals surface area (Å²) in [5.41, 5.74) is 11.5. The maximum atomic E-state index is 11.2. The van der Waals surface area contributed by atoms with Crippen LogP contribution in [-0.2, 0) is 6.54 Å². The summed E-state index contributed by atoms with van der Waals surface area (Å²) in [6.45, 7) is 0.181. The average molecular weight is 260 g/mol. The van der Waals surface area contributed by atoms with Gasteiger partial charge in [-0.05, 0) is 17.5 Å². The molecule has 0 fully saturated rings. The van der Waals surface area contributed by atoms with Gasteiger partial charge in [-0.2, -0.15) is 0 Å². The molecule has 0 saturated carbocycles. The number of carbonyl (C=O) groups is 1. The van der Waals surface area contributed by atoms with Gasteiger partial charge in [0.05, 0.1) is 19.9 Å². The minimum absolute atomic E-state index is 0.0557. The number of aromatic nitrogens is 1. The Morgan fingerprint density at radius 2 is 1.95 bits per heavy atom. The summed E-state index contributed by atoms with van der Waals surface area (Å²) in [4.78, 5) is 15.3. The zero-order valence-corrected chi connectivity index (χ0v) is 10.7. The SMILES string of the molecule is COc1cc2[c]c(C(N)=O)nc(CN)c2cc1OC. The summed E-state index contributed by atoms with van der Waals surface area (Å²) in [6, 6.07) is 6.31. The van der Waals surface area contributed by atoms with E-state index >= 15 is 0 Å². The Hall–Kier alpha value is -2.34. The third-order valence-electron chi connectivity index (χ3n) is 2.76. The van der Waals surface area contributed by atoms with Crippen LogP contribution in [0.3, 0.4) is 0 Å². The lowest BCUT2D eigenvalue weighted by Gasteiger charge is -2.11. The number of benzene rings is 1. The minimum atomic E-state index is -0.647. The molecular weight excluding hydrogens is 246 g/mol. The third kappa shape index (κ3) is 2.30. The molecule has 0 aliphatic rings. The van der Waals surface area contributed by atoms with Crippen LogP contribution < -0.4 is 20.9 Å². The van der Waals surface area contributed by atoms with Crippen molar-refractivity contribution in [3.63, 3.8) is 0 Å². The second-order valence-electron chi connectivity index (χ2n) is 3.85. The number of hydrogen-bond acceptors (Lipinski definition) is 5. The Bertz CT molecular complexity index is 641. The first-order valence-electron chi connectivity index (χ1n) is 5.58. The number of nitrogens with zero attached hydrogens (tertiary/aromatic N) is 1. The van der Waals surface area contributed by atoms with Gasteiger partial charge in [0.2, 0.25) is 0 Å². The quantitative estimate of drug-likeness (QED) is 0.838. The summed E-state index contributed by atoms with van der Waals surface area (Å²) in [5, 5.41) is 1.41. The number of amides is 1. The standard InChI is InChI=1S/C13H14N3O3/c1-18-11-4-7-3-9(13(15)17)16-10(6-14)8(7)5-12(11)19-2/h4-5H,6,14H2,1-2H3,(H2,15,17). The van der Waals surface area contributed by atoms with E-state index in [4.69, 9.17) is 20.9 Å². The first-order valence-corrected chi connectivity index (χ1v) is 5.58. The fourth-order valence-corrected chi connectivity index (χ4v) is 1.84. The van der Waals surface area contributed by atoms with Gasteiger partial charge in [-0.25, -0.2) is 4.98 Å². The molecule has 0 atom stereocenters. The largest absolute Gasteiger partial charge is 0.493 e. The predicted molar refractivity (Wildman–Crippen MR) is 70.1 cm³/mol. The lowest BCUT2D eigenvalue weighted by Crippen LogP contribution is -2.15. The predicted octanol–water partition coefficient (Wildman–Crippen LogP) is 0.610. The number of ether oxygens (including phenoxy) is 2. The van der Waals surface area contributed by atoms with Crippen LogP contribution in [-0.4, -0.2) is 25.1 Å². The maximum absolute atomic E-state index is 11.2. The van der Waals surface area contributed by atoms with Crippen LogP contribution in [0.5, 0.6) is 11.5 Å². The highest BCUT2D eigenvalue weighted by Crippen LogP contribution is 2.33. The lowest BCUT2D eigenvalue weighted by atomic mass is 10.1. The van der Waals surface area contributed by atoms with Gasteiger partial charge in [-0.15, -0.1) is 0 Å². The van der Waals surface area contributed by atoms with E-state index in [0.717, 1.165) is 5.39 Å². The van der Waals surface area contributed by atoms with Crippen LogP contribution in [0.2, 0.25) is 0 Å². The van der Waals surface area contributed by atoms with Gasteiger partial charge in [0.15, 0.2) is 11.5 Å². The Balaban J connectivity index is 2.78. The van der Waals surface area contributed by atoms with Gasteiger partial charge >= 0.3 is 0 Å². The summed E-state index contributed by atoms with van der Waals surface area (Å²) in [5.74, 6) is 0.453. The molecule has 1 radical (unpaired) electrons. The van der Waals surface area contributed by atoms with Crippen molar-refractivity contribution in [1.29, 1.82) is 0 Å². The van der Waals surface area contributed by atoms with Gasteiger partial charge in [0, 0.05) is 18.0 Å². The van der Waals surface area contributed by atoms with E-state index in [1.165, 1.54) is 7.11 Å². The van der Waals surface area contributed by atoms with Crippen LogP contribution in [0, 0.1) is 6.07 Å². The highest BCUT2D eigenvalue weighted by molar-refractivity contribution is 5.96. The number of hydrogen-bond donors (Lipinski definition) is 2. The molecule has 1 heterocycles. The molecule has 99 valence electrons. The topological polar surface area (TPSA) is 100 Å². The molecule has 4 N–H and O–H groups in total. The summed E-state index contributed by atoms with van der Waals surface area (Å²) in [7, 11) is 3.07. The number of rotatable bonds is 4. The van der Waals surface area contributed by atoms with Crippen molar-refractivity contribution in [2.75, 3.05) is 14.2 Å². The number of primary amides is 1. The Morgan fingerprint density at radius 3 is 2.47 bits per heavy atom. The van der Waals surface area contributed by atoms with Crippen molar-refractivity contribution in [2.45, 2.75) is 6.54 Å². The smallest absolute Gasteiger partial charge is 0.267 e. The molecule has 0 aliphatic heterocycles. The number of fused-ring (bicyclic) bond motifs is 1. The first kappa shape index (κ1) is 13.1. The molecule has 2 rings (SSSR count). The van der Waals surface area contributed by atoms with E-state index in [2.05, 4.69) is 11.1 Å². The van der Waals surface area contributed by atoms with Crippen molar-refractivity contribution >= 4 is 16.7 Å². The molecular formula is C13H14N3O3. The van der Waals surface area contributed by atoms with Crippen molar-refractivity contribution in [1.82, 2.24) is 4.98 Å². The molecule has 6 nitrogen and oxygen atoms in total. The zero-order chi connectivity index (χ0) is 14.0. The number of nitrogens with two attached hydrogens (primary N) is 2. The third-order valence-corrected chi connectivity index (χ3v) is 2.76. The van der Waals surface area contributed by atoms with E-state index in [1.807, 2.05) is 0 Å². The van der Waals surface area contributed by atoms with E-state index in [1.54, 1.807) is 19.2 Å². The monoisotopic (exact) mass is 260 g/mol. The fourth-order valence-electron chi connectivity index (χ4n) is 1.84. The second kappa shape index (κ2) is 5.11. The van der Waals surface area contributed by atoms with Crippen LogP contribution in [0.25, 0.3) is 10.8 Å². The number of methoxy groups -OCH3 is 2. The fraction of sp³-hybridized carbons (Fsp3) is 0.231. The normalized spacial score (nSPS) is 10.5. The molecule has 2 aromatic rings. The molecule has 0 bridgehead atoms. The first-order chi connectivity index (χ1) is 9.10. The number of carbonyl (C=O) groups excluding carboxylic acids is 1. The maximum Gasteiger partial charge on any atom is 0.267 e. The molecule has 0 aliphatic carbocycles. The minimum Gasteiger partial charge on any atom is -0.493 e. The molecule has 19 heavy (non-hydrogen) atoms.